The number of rotatable bonds is 3. The first-order chi connectivity index (χ1) is 13.5. The number of piperazine rings is 1. The van der Waals surface area contributed by atoms with Gasteiger partial charge in [-0.15, -0.1) is 0 Å². The van der Waals surface area contributed by atoms with Crippen molar-refractivity contribution in [3.05, 3.63) is 29.2 Å². The average molecular weight is 385 g/mol. The second-order valence-corrected chi connectivity index (χ2v) is 7.26. The van der Waals surface area contributed by atoms with E-state index in [9.17, 15) is 4.79 Å². The fourth-order valence-electron chi connectivity index (χ4n) is 3.81. The van der Waals surface area contributed by atoms with E-state index in [2.05, 4.69) is 19.9 Å². The van der Waals surface area contributed by atoms with Gasteiger partial charge in [-0.2, -0.15) is 10.1 Å². The number of aryl methyl sites for hydroxylation is 2. The highest BCUT2D eigenvalue weighted by atomic mass is 16.5. The van der Waals surface area contributed by atoms with E-state index in [4.69, 9.17) is 9.72 Å². The lowest BCUT2D eigenvalue weighted by Gasteiger charge is -2.36. The first kappa shape index (κ1) is 18.7. The maximum Gasteiger partial charge on any atom is 0.257 e. The summed E-state index contributed by atoms with van der Waals surface area (Å²) in [5.74, 6) is 1.73. The monoisotopic (exact) mass is 385 g/mol. The molecule has 150 valence electrons. The number of hydrogen-bond acceptors (Lipinski definition) is 7. The smallest absolute Gasteiger partial charge is 0.257 e. The highest BCUT2D eigenvalue weighted by molar-refractivity contribution is 5.96. The first-order valence-electron chi connectivity index (χ1n) is 9.75. The van der Waals surface area contributed by atoms with E-state index < -0.39 is 0 Å². The van der Waals surface area contributed by atoms with Crippen molar-refractivity contribution in [3.63, 3.8) is 0 Å². The molecule has 2 fully saturated rings. The molecule has 2 saturated heterocycles. The first-order valence-corrected chi connectivity index (χ1v) is 9.75. The van der Waals surface area contributed by atoms with Crippen LogP contribution < -0.4 is 9.80 Å². The molecule has 0 atom stereocenters. The van der Waals surface area contributed by atoms with Crippen molar-refractivity contribution in [3.8, 4) is 0 Å². The van der Waals surface area contributed by atoms with E-state index in [1.54, 1.807) is 4.68 Å². The van der Waals surface area contributed by atoms with Crippen molar-refractivity contribution in [2.45, 2.75) is 13.8 Å². The summed E-state index contributed by atoms with van der Waals surface area (Å²) in [5.41, 5.74) is 2.43. The maximum absolute atomic E-state index is 13.0. The number of morpholine rings is 1. The number of aromatic nitrogens is 4. The van der Waals surface area contributed by atoms with Crippen molar-refractivity contribution in [1.82, 2.24) is 24.6 Å². The van der Waals surface area contributed by atoms with Gasteiger partial charge in [-0.3, -0.25) is 9.48 Å². The molecule has 1 amide bonds. The minimum atomic E-state index is 0.0689. The Hall–Kier alpha value is -2.68. The standard InChI is InChI=1S/C19H27N7O2/c1-14-17(15(2)23(3)22-14)18(27)25-8-6-24(7-9-25)16-4-5-20-19(21-16)26-10-12-28-13-11-26/h4-5H,6-13H2,1-3H3. The number of anilines is 2. The summed E-state index contributed by atoms with van der Waals surface area (Å²) in [6.07, 6.45) is 1.81. The third-order valence-electron chi connectivity index (χ3n) is 5.54. The summed E-state index contributed by atoms with van der Waals surface area (Å²) in [6.45, 7) is 9.73. The van der Waals surface area contributed by atoms with Crippen molar-refractivity contribution >= 4 is 17.7 Å². The van der Waals surface area contributed by atoms with E-state index in [1.165, 1.54) is 0 Å². The molecule has 2 aromatic rings. The van der Waals surface area contributed by atoms with Gasteiger partial charge >= 0.3 is 0 Å². The predicted molar refractivity (Wildman–Crippen MR) is 106 cm³/mol. The molecule has 4 rings (SSSR count). The third-order valence-corrected chi connectivity index (χ3v) is 5.54. The lowest BCUT2D eigenvalue weighted by molar-refractivity contribution is 0.0745. The SMILES string of the molecule is Cc1nn(C)c(C)c1C(=O)N1CCN(c2ccnc(N3CCOCC3)n2)CC1. The van der Waals surface area contributed by atoms with Gasteiger partial charge in [-0.25, -0.2) is 4.98 Å². The average Bonchev–Trinajstić information content (AvgIpc) is 3.00. The van der Waals surface area contributed by atoms with Crippen LogP contribution in [-0.4, -0.2) is 83.0 Å². The number of nitrogens with zero attached hydrogens (tertiary/aromatic N) is 7. The summed E-state index contributed by atoms with van der Waals surface area (Å²) >= 11 is 0. The minimum absolute atomic E-state index is 0.0689. The topological polar surface area (TPSA) is 79.6 Å². The van der Waals surface area contributed by atoms with E-state index >= 15 is 0 Å². The lowest BCUT2D eigenvalue weighted by Crippen LogP contribution is -2.49. The molecule has 2 aliphatic rings. The molecule has 4 heterocycles. The Morgan fingerprint density at radius 1 is 1.04 bits per heavy atom. The lowest BCUT2D eigenvalue weighted by atomic mass is 10.1. The van der Waals surface area contributed by atoms with Gasteiger partial charge in [0.05, 0.1) is 24.5 Å². The van der Waals surface area contributed by atoms with Crippen LogP contribution in [0.15, 0.2) is 12.3 Å². The van der Waals surface area contributed by atoms with Crippen LogP contribution in [0.3, 0.4) is 0 Å². The van der Waals surface area contributed by atoms with E-state index in [1.807, 2.05) is 38.1 Å². The molecule has 0 spiro atoms. The summed E-state index contributed by atoms with van der Waals surface area (Å²) in [5, 5.41) is 4.37. The van der Waals surface area contributed by atoms with E-state index in [0.29, 0.717) is 26.3 Å². The zero-order valence-electron chi connectivity index (χ0n) is 16.8. The molecule has 0 N–H and O–H groups in total. The van der Waals surface area contributed by atoms with Gasteiger partial charge in [0.1, 0.15) is 5.82 Å². The molecule has 9 heteroatoms. The summed E-state index contributed by atoms with van der Waals surface area (Å²) < 4.78 is 7.18. The molecule has 2 aromatic heterocycles. The van der Waals surface area contributed by atoms with Gasteiger partial charge in [0, 0.05) is 58.2 Å². The Kier molecular flexibility index (Phi) is 5.17. The Bertz CT molecular complexity index is 852. The normalized spacial score (nSPS) is 17.9. The maximum atomic E-state index is 13.0. The Morgan fingerprint density at radius 2 is 1.75 bits per heavy atom. The van der Waals surface area contributed by atoms with Gasteiger partial charge in [0.2, 0.25) is 5.95 Å². The predicted octanol–water partition coefficient (Wildman–Crippen LogP) is 0.626. The van der Waals surface area contributed by atoms with Gasteiger partial charge in [0.15, 0.2) is 0 Å². The van der Waals surface area contributed by atoms with Crippen LogP contribution in [0.2, 0.25) is 0 Å². The van der Waals surface area contributed by atoms with Crippen LogP contribution in [-0.2, 0) is 11.8 Å². The quantitative estimate of drug-likeness (QED) is 0.766. The van der Waals surface area contributed by atoms with Crippen molar-refractivity contribution in [2.24, 2.45) is 7.05 Å². The largest absolute Gasteiger partial charge is 0.378 e. The van der Waals surface area contributed by atoms with Crippen LogP contribution >= 0.6 is 0 Å². The van der Waals surface area contributed by atoms with Crippen LogP contribution in [0.5, 0.6) is 0 Å². The van der Waals surface area contributed by atoms with Gasteiger partial charge in [-0.05, 0) is 19.9 Å². The van der Waals surface area contributed by atoms with Gasteiger partial charge in [-0.1, -0.05) is 0 Å². The number of carbonyl (C=O) groups is 1. The Morgan fingerprint density at radius 3 is 2.39 bits per heavy atom. The molecule has 2 aliphatic heterocycles. The van der Waals surface area contributed by atoms with Crippen molar-refractivity contribution < 1.29 is 9.53 Å². The molecule has 0 radical (unpaired) electrons. The number of hydrogen-bond donors (Lipinski definition) is 0. The summed E-state index contributed by atoms with van der Waals surface area (Å²) in [4.78, 5) is 28.4. The Labute approximate surface area is 164 Å². The molecule has 28 heavy (non-hydrogen) atoms. The summed E-state index contributed by atoms with van der Waals surface area (Å²) in [7, 11) is 1.87. The van der Waals surface area contributed by atoms with Gasteiger partial charge < -0.3 is 19.4 Å². The minimum Gasteiger partial charge on any atom is -0.378 e. The third kappa shape index (κ3) is 3.54. The zero-order valence-corrected chi connectivity index (χ0v) is 16.8. The molecular weight excluding hydrogens is 358 g/mol. The van der Waals surface area contributed by atoms with Crippen LogP contribution in [0.4, 0.5) is 11.8 Å². The molecule has 0 saturated carbocycles. The van der Waals surface area contributed by atoms with Crippen LogP contribution in [0, 0.1) is 13.8 Å². The zero-order chi connectivity index (χ0) is 19.7. The fourth-order valence-corrected chi connectivity index (χ4v) is 3.81. The van der Waals surface area contributed by atoms with Crippen molar-refractivity contribution in [2.75, 3.05) is 62.3 Å². The van der Waals surface area contributed by atoms with Crippen LogP contribution in [0.1, 0.15) is 21.7 Å². The van der Waals surface area contributed by atoms with Crippen LogP contribution in [0.25, 0.3) is 0 Å². The second kappa shape index (κ2) is 7.75. The van der Waals surface area contributed by atoms with Crippen molar-refractivity contribution in [1.29, 1.82) is 0 Å². The molecule has 0 aliphatic carbocycles. The molecule has 0 aromatic carbocycles. The molecule has 9 nitrogen and oxygen atoms in total. The highest BCUT2D eigenvalue weighted by Crippen LogP contribution is 2.20. The second-order valence-electron chi connectivity index (χ2n) is 7.26. The van der Waals surface area contributed by atoms with E-state index in [0.717, 1.165) is 54.9 Å². The molecule has 0 bridgehead atoms. The number of amides is 1. The number of ether oxygens (including phenoxy) is 1. The number of carbonyl (C=O) groups excluding carboxylic acids is 1. The highest BCUT2D eigenvalue weighted by Gasteiger charge is 2.27. The summed E-state index contributed by atoms with van der Waals surface area (Å²) in [6, 6.07) is 1.94. The Balaban J connectivity index is 1.42. The molecule has 0 unspecified atom stereocenters. The van der Waals surface area contributed by atoms with E-state index in [-0.39, 0.29) is 5.91 Å². The molecular formula is C19H27N7O2. The fraction of sp³-hybridized carbons (Fsp3) is 0.579. The van der Waals surface area contributed by atoms with Gasteiger partial charge in [0.25, 0.3) is 5.91 Å².